The van der Waals surface area contributed by atoms with E-state index in [2.05, 4.69) is 36.3 Å². The lowest BCUT2D eigenvalue weighted by atomic mass is 9.75. The maximum absolute atomic E-state index is 13.0. The van der Waals surface area contributed by atoms with Crippen molar-refractivity contribution in [2.75, 3.05) is 33.2 Å². The average molecular weight is 378 g/mol. The van der Waals surface area contributed by atoms with E-state index in [1.807, 2.05) is 11.8 Å². The number of rotatable bonds is 2. The first kappa shape index (κ1) is 18.8. The second kappa shape index (κ2) is 7.00. The molecule has 7 nitrogen and oxygen atoms in total. The van der Waals surface area contributed by atoms with Crippen LogP contribution in [0.25, 0.3) is 0 Å². The Hall–Kier alpha value is -1.93. The highest BCUT2D eigenvalue weighted by Gasteiger charge is 2.37. The number of fused-ring (bicyclic) bond motifs is 1. The van der Waals surface area contributed by atoms with Crippen molar-refractivity contribution in [3.8, 4) is 0 Å². The number of hydrogen-bond acceptors (Lipinski definition) is 5. The number of carbonyl (C=O) groups is 1. The van der Waals surface area contributed by atoms with E-state index < -0.39 is 0 Å². The predicted molar refractivity (Wildman–Crippen MR) is 105 cm³/mol. The second-order valence-corrected chi connectivity index (χ2v) is 8.44. The van der Waals surface area contributed by atoms with Crippen molar-refractivity contribution in [1.29, 1.82) is 0 Å². The van der Waals surface area contributed by atoms with Crippen LogP contribution in [0.5, 0.6) is 0 Å². The number of carbonyl (C=O) groups excluding carboxylic acids is 1. The van der Waals surface area contributed by atoms with Crippen LogP contribution in [0.3, 0.4) is 0 Å². The molecule has 1 aromatic rings. The van der Waals surface area contributed by atoms with Crippen LogP contribution in [0.2, 0.25) is 0 Å². The number of likely N-dealkylation sites (N-methyl/N-ethyl adjacent to an activating group) is 1. The van der Waals surface area contributed by atoms with Gasteiger partial charge in [-0.1, -0.05) is 13.8 Å². The van der Waals surface area contributed by atoms with Crippen LogP contribution >= 0.6 is 12.2 Å². The summed E-state index contributed by atoms with van der Waals surface area (Å²) in [7, 11) is 2.07. The van der Waals surface area contributed by atoms with Gasteiger partial charge in [0.2, 0.25) is 0 Å². The van der Waals surface area contributed by atoms with E-state index in [-0.39, 0.29) is 16.4 Å². The van der Waals surface area contributed by atoms with Crippen molar-refractivity contribution in [2.45, 2.75) is 33.6 Å². The van der Waals surface area contributed by atoms with E-state index in [0.717, 1.165) is 61.6 Å². The summed E-state index contributed by atoms with van der Waals surface area (Å²) in [6, 6.07) is 0. The molecule has 0 spiro atoms. The third kappa shape index (κ3) is 3.76. The minimum Gasteiger partial charge on any atom is -0.455 e. The minimum absolute atomic E-state index is 0.0117. The normalized spacial score (nSPS) is 21.5. The van der Waals surface area contributed by atoms with Crippen LogP contribution in [0.1, 0.15) is 47.7 Å². The molecule has 1 fully saturated rings. The molecule has 0 unspecified atom stereocenters. The largest absolute Gasteiger partial charge is 0.455 e. The predicted octanol–water partition coefficient (Wildman–Crippen LogP) is 1.49. The zero-order chi connectivity index (χ0) is 19.1. The van der Waals surface area contributed by atoms with Crippen LogP contribution < -0.4 is 11.2 Å². The van der Waals surface area contributed by atoms with Crippen LogP contribution in [-0.4, -0.2) is 59.8 Å². The second-order valence-electron chi connectivity index (χ2n) is 8.00. The highest BCUT2D eigenvalue weighted by molar-refractivity contribution is 7.80. The van der Waals surface area contributed by atoms with Crippen molar-refractivity contribution < 1.29 is 9.21 Å². The Bertz CT molecular complexity index is 760. The van der Waals surface area contributed by atoms with Gasteiger partial charge in [-0.3, -0.25) is 10.2 Å². The number of nitrogens with zero attached hydrogens (tertiary/aromatic N) is 3. The van der Waals surface area contributed by atoms with Crippen molar-refractivity contribution in [2.24, 2.45) is 16.3 Å². The fraction of sp³-hybridized carbons (Fsp3) is 0.611. The number of hydrogen-bond donors (Lipinski definition) is 2. The summed E-state index contributed by atoms with van der Waals surface area (Å²) < 4.78 is 6.07. The van der Waals surface area contributed by atoms with Gasteiger partial charge in [-0.05, 0) is 38.0 Å². The van der Waals surface area contributed by atoms with E-state index in [9.17, 15) is 4.79 Å². The van der Waals surface area contributed by atoms with Crippen LogP contribution in [0.15, 0.2) is 9.52 Å². The van der Waals surface area contributed by atoms with E-state index in [1.54, 1.807) is 0 Å². The van der Waals surface area contributed by atoms with Gasteiger partial charge < -0.3 is 20.0 Å². The molecule has 1 aliphatic heterocycles. The molecule has 0 aromatic carbocycles. The van der Waals surface area contributed by atoms with Gasteiger partial charge in [0.05, 0.1) is 5.71 Å². The number of piperazine rings is 1. The molecule has 2 heterocycles. The molecule has 3 rings (SSSR count). The number of hydrazone groups is 1. The van der Waals surface area contributed by atoms with Crippen molar-refractivity contribution in [3.05, 3.63) is 22.6 Å². The topological polar surface area (TPSA) is 87.1 Å². The number of nitrogens with one attached hydrogen (secondary N) is 1. The van der Waals surface area contributed by atoms with E-state index >= 15 is 0 Å². The number of amides is 1. The van der Waals surface area contributed by atoms with Gasteiger partial charge in [-0.15, -0.1) is 0 Å². The third-order valence-corrected chi connectivity index (χ3v) is 5.17. The molecular weight excluding hydrogens is 350 g/mol. The van der Waals surface area contributed by atoms with Gasteiger partial charge in [0.1, 0.15) is 5.76 Å². The lowest BCUT2D eigenvalue weighted by Crippen LogP contribution is -2.47. The molecule has 1 amide bonds. The molecule has 1 aliphatic carbocycles. The number of furan rings is 1. The van der Waals surface area contributed by atoms with E-state index in [1.165, 1.54) is 0 Å². The van der Waals surface area contributed by atoms with Crippen molar-refractivity contribution in [3.63, 3.8) is 0 Å². The van der Waals surface area contributed by atoms with Gasteiger partial charge in [0.25, 0.3) is 5.91 Å². The Morgan fingerprint density at radius 3 is 2.54 bits per heavy atom. The Kier molecular flexibility index (Phi) is 5.07. The molecule has 26 heavy (non-hydrogen) atoms. The minimum atomic E-state index is -0.0375. The molecule has 0 radical (unpaired) electrons. The van der Waals surface area contributed by atoms with Crippen molar-refractivity contribution >= 4 is 28.9 Å². The zero-order valence-electron chi connectivity index (χ0n) is 15.9. The van der Waals surface area contributed by atoms with Gasteiger partial charge in [0, 0.05) is 43.7 Å². The zero-order valence-corrected chi connectivity index (χ0v) is 16.7. The molecule has 142 valence electrons. The molecule has 1 aromatic heterocycles. The highest BCUT2D eigenvalue weighted by atomic mass is 32.1. The Morgan fingerprint density at radius 1 is 1.27 bits per heavy atom. The fourth-order valence-corrected chi connectivity index (χ4v) is 3.73. The molecule has 0 bridgehead atoms. The van der Waals surface area contributed by atoms with Crippen molar-refractivity contribution in [1.82, 2.24) is 15.2 Å². The molecule has 1 saturated heterocycles. The van der Waals surface area contributed by atoms with Gasteiger partial charge >= 0.3 is 0 Å². The molecule has 0 saturated carbocycles. The first-order chi connectivity index (χ1) is 12.2. The van der Waals surface area contributed by atoms with Gasteiger partial charge in [-0.2, -0.15) is 5.10 Å². The maximum Gasteiger partial charge on any atom is 0.289 e. The lowest BCUT2D eigenvalue weighted by Gasteiger charge is -2.31. The van der Waals surface area contributed by atoms with Crippen LogP contribution in [0, 0.1) is 12.3 Å². The number of nitrogens with two attached hydrogens (primary N) is 1. The summed E-state index contributed by atoms with van der Waals surface area (Å²) in [5, 5.41) is 4.51. The molecular formula is C18H27N5O2S. The van der Waals surface area contributed by atoms with Crippen LogP contribution in [0.4, 0.5) is 0 Å². The van der Waals surface area contributed by atoms with Gasteiger partial charge in [0.15, 0.2) is 10.9 Å². The van der Waals surface area contributed by atoms with Crippen LogP contribution in [-0.2, 0) is 6.42 Å². The summed E-state index contributed by atoms with van der Waals surface area (Å²) in [5.74, 6) is 1.21. The first-order valence-electron chi connectivity index (χ1n) is 8.90. The highest BCUT2D eigenvalue weighted by Crippen LogP contribution is 2.39. The SMILES string of the molecule is Cc1c(C(=O)N2CCN(C)CC2)oc2c1/C(=N\NC(N)=S)CC(C)(C)C2. The summed E-state index contributed by atoms with van der Waals surface area (Å²) in [6.07, 6.45) is 1.53. The standard InChI is InChI=1S/C18H27N5O2S/c1-11-14-12(20-21-17(19)26)9-18(2,3)10-13(14)25-15(11)16(24)23-7-5-22(4)6-8-23/h5-10H2,1-4H3,(H3,19,21,26)/b20-12-. The Morgan fingerprint density at radius 2 is 1.92 bits per heavy atom. The molecule has 2 aliphatic rings. The molecule has 0 atom stereocenters. The maximum atomic E-state index is 13.0. The smallest absolute Gasteiger partial charge is 0.289 e. The van der Waals surface area contributed by atoms with E-state index in [0.29, 0.717) is 5.76 Å². The summed E-state index contributed by atoms with van der Waals surface area (Å²) in [6.45, 7) is 9.44. The fourth-order valence-electron chi connectivity index (χ4n) is 3.69. The monoisotopic (exact) mass is 377 g/mol. The number of thiocarbonyl (C=S) groups is 1. The summed E-state index contributed by atoms with van der Waals surface area (Å²) in [4.78, 5) is 17.1. The lowest BCUT2D eigenvalue weighted by molar-refractivity contribution is 0.0628. The molecule has 3 N–H and O–H groups in total. The third-order valence-electron chi connectivity index (χ3n) is 5.08. The summed E-state index contributed by atoms with van der Waals surface area (Å²) in [5.41, 5.74) is 10.8. The molecule has 8 heteroatoms. The van der Waals surface area contributed by atoms with Gasteiger partial charge in [-0.25, -0.2) is 0 Å². The Balaban J connectivity index is 1.95. The summed E-state index contributed by atoms with van der Waals surface area (Å²) >= 11 is 4.87. The Labute approximate surface area is 159 Å². The van der Waals surface area contributed by atoms with E-state index in [4.69, 9.17) is 22.4 Å². The average Bonchev–Trinajstić information content (AvgIpc) is 2.88. The quantitative estimate of drug-likeness (QED) is 0.600. The first-order valence-corrected chi connectivity index (χ1v) is 9.31.